The van der Waals surface area contributed by atoms with Gasteiger partial charge in [-0.2, -0.15) is 0 Å². The van der Waals surface area contributed by atoms with Gasteiger partial charge in [0.05, 0.1) is 7.11 Å². The van der Waals surface area contributed by atoms with E-state index in [9.17, 15) is 4.79 Å². The Labute approximate surface area is 92.9 Å². The Balaban J connectivity index is 2.66. The average molecular weight is 230 g/mol. The van der Waals surface area contributed by atoms with Crippen LogP contribution in [0.1, 0.15) is 5.56 Å². The van der Waals surface area contributed by atoms with Crippen LogP contribution in [0.15, 0.2) is 24.3 Å². The number of benzene rings is 1. The van der Waals surface area contributed by atoms with Crippen LogP contribution < -0.4 is 5.90 Å². The molecule has 82 valence electrons. The number of ether oxygens (including phenoxy) is 1. The summed E-state index contributed by atoms with van der Waals surface area (Å²) in [5, 5.41) is 0.641. The number of hydrogen-bond acceptors (Lipinski definition) is 4. The number of methoxy groups -OCH3 is 1. The third kappa shape index (κ3) is 3.51. The highest BCUT2D eigenvalue weighted by molar-refractivity contribution is 6.30. The number of hydrogen-bond donors (Lipinski definition) is 1. The molecule has 15 heavy (non-hydrogen) atoms. The van der Waals surface area contributed by atoms with Crippen molar-refractivity contribution >= 4 is 17.6 Å². The molecule has 0 spiro atoms. The van der Waals surface area contributed by atoms with E-state index in [0.717, 1.165) is 5.56 Å². The highest BCUT2D eigenvalue weighted by Crippen LogP contribution is 2.12. The van der Waals surface area contributed by atoms with E-state index in [1.807, 2.05) is 0 Å². The summed E-state index contributed by atoms with van der Waals surface area (Å²) in [6.07, 6.45) is -0.420. The van der Waals surface area contributed by atoms with Gasteiger partial charge in [-0.05, 0) is 17.7 Å². The zero-order valence-corrected chi connectivity index (χ0v) is 9.03. The second kappa shape index (κ2) is 5.70. The Bertz CT molecular complexity index is 326. The molecule has 0 fully saturated rings. The van der Waals surface area contributed by atoms with Crippen molar-refractivity contribution < 1.29 is 14.4 Å². The van der Waals surface area contributed by atoms with Gasteiger partial charge in [0.25, 0.3) is 0 Å². The van der Waals surface area contributed by atoms with E-state index >= 15 is 0 Å². The largest absolute Gasteiger partial charge is 0.467 e. The van der Waals surface area contributed by atoms with Crippen LogP contribution in [0.25, 0.3) is 0 Å². The van der Waals surface area contributed by atoms with Gasteiger partial charge in [0.2, 0.25) is 0 Å². The lowest BCUT2D eigenvalue weighted by molar-refractivity contribution is -0.154. The molecule has 1 unspecified atom stereocenters. The number of carbonyl (C=O) groups is 1. The molecule has 1 atom stereocenters. The van der Waals surface area contributed by atoms with Gasteiger partial charge in [0, 0.05) is 11.4 Å². The van der Waals surface area contributed by atoms with Crippen molar-refractivity contribution in [3.8, 4) is 0 Å². The van der Waals surface area contributed by atoms with E-state index in [2.05, 4.69) is 9.57 Å². The van der Waals surface area contributed by atoms with E-state index in [1.54, 1.807) is 24.3 Å². The highest BCUT2D eigenvalue weighted by Gasteiger charge is 2.19. The molecule has 0 amide bonds. The Morgan fingerprint density at radius 2 is 2.07 bits per heavy atom. The molecule has 0 aliphatic heterocycles. The molecule has 0 saturated heterocycles. The Hall–Kier alpha value is -1.10. The van der Waals surface area contributed by atoms with E-state index in [1.165, 1.54) is 7.11 Å². The fraction of sp³-hybridized carbons (Fsp3) is 0.300. The maximum absolute atomic E-state index is 11.2. The van der Waals surface area contributed by atoms with Crippen LogP contribution in [0.2, 0.25) is 5.02 Å². The number of halogens is 1. The fourth-order valence-electron chi connectivity index (χ4n) is 1.15. The second-order valence-corrected chi connectivity index (χ2v) is 3.41. The quantitative estimate of drug-likeness (QED) is 0.625. The molecular weight excluding hydrogens is 218 g/mol. The molecule has 2 N–H and O–H groups in total. The van der Waals surface area contributed by atoms with Crippen LogP contribution in [0.3, 0.4) is 0 Å². The highest BCUT2D eigenvalue weighted by atomic mass is 35.5. The van der Waals surface area contributed by atoms with Gasteiger partial charge in [-0.25, -0.2) is 10.7 Å². The normalized spacial score (nSPS) is 12.2. The summed E-state index contributed by atoms with van der Waals surface area (Å²) in [7, 11) is 1.29. The maximum Gasteiger partial charge on any atom is 0.337 e. The van der Waals surface area contributed by atoms with E-state index in [4.69, 9.17) is 17.5 Å². The second-order valence-electron chi connectivity index (χ2n) is 2.98. The SMILES string of the molecule is COC(=O)C(Cc1ccc(Cl)cc1)ON. The van der Waals surface area contributed by atoms with Gasteiger partial charge in [-0.3, -0.25) is 4.84 Å². The van der Waals surface area contributed by atoms with Crippen molar-refractivity contribution in [3.63, 3.8) is 0 Å². The molecule has 4 nitrogen and oxygen atoms in total. The van der Waals surface area contributed by atoms with Crippen LogP contribution in [0.4, 0.5) is 0 Å². The zero-order valence-electron chi connectivity index (χ0n) is 8.27. The average Bonchev–Trinajstić information content (AvgIpc) is 2.27. The van der Waals surface area contributed by atoms with E-state index in [0.29, 0.717) is 11.4 Å². The minimum absolute atomic E-state index is 0.361. The molecule has 0 radical (unpaired) electrons. The molecular formula is C10H12ClNO3. The van der Waals surface area contributed by atoms with Crippen LogP contribution in [-0.4, -0.2) is 19.2 Å². The van der Waals surface area contributed by atoms with E-state index in [-0.39, 0.29) is 0 Å². The predicted octanol–water partition coefficient (Wildman–Crippen LogP) is 1.31. The molecule has 0 aliphatic rings. The van der Waals surface area contributed by atoms with Crippen LogP contribution in [-0.2, 0) is 20.8 Å². The van der Waals surface area contributed by atoms with Gasteiger partial charge < -0.3 is 4.74 Å². The van der Waals surface area contributed by atoms with Gasteiger partial charge >= 0.3 is 5.97 Å². The monoisotopic (exact) mass is 229 g/mol. The summed E-state index contributed by atoms with van der Waals surface area (Å²) >= 11 is 5.72. The van der Waals surface area contributed by atoms with Gasteiger partial charge in [0.1, 0.15) is 0 Å². The molecule has 1 aromatic rings. The minimum Gasteiger partial charge on any atom is -0.467 e. The lowest BCUT2D eigenvalue weighted by Crippen LogP contribution is -2.30. The smallest absolute Gasteiger partial charge is 0.337 e. The van der Waals surface area contributed by atoms with Crippen molar-refractivity contribution in [2.45, 2.75) is 12.5 Å². The summed E-state index contributed by atoms with van der Waals surface area (Å²) in [4.78, 5) is 15.7. The Kier molecular flexibility index (Phi) is 4.55. The standard InChI is InChI=1S/C10H12ClNO3/c1-14-10(13)9(15-12)6-7-2-4-8(11)5-3-7/h2-5,9H,6,12H2,1H3. The molecule has 0 aliphatic carbocycles. The van der Waals surface area contributed by atoms with Crippen LogP contribution >= 0.6 is 11.6 Å². The van der Waals surface area contributed by atoms with Crippen molar-refractivity contribution in [1.29, 1.82) is 0 Å². The molecule has 1 rings (SSSR count). The first-order valence-corrected chi connectivity index (χ1v) is 4.73. The number of nitrogens with two attached hydrogens (primary N) is 1. The molecule has 1 aromatic carbocycles. The van der Waals surface area contributed by atoms with Crippen molar-refractivity contribution in [1.82, 2.24) is 0 Å². The molecule has 0 saturated carbocycles. The summed E-state index contributed by atoms with van der Waals surface area (Å²) in [5.41, 5.74) is 0.903. The van der Waals surface area contributed by atoms with Gasteiger partial charge in [-0.15, -0.1) is 0 Å². The third-order valence-corrected chi connectivity index (χ3v) is 2.21. The first kappa shape index (κ1) is 12.0. The molecule has 5 heteroatoms. The van der Waals surface area contributed by atoms with E-state index < -0.39 is 12.1 Å². The van der Waals surface area contributed by atoms with Crippen molar-refractivity contribution in [2.75, 3.05) is 7.11 Å². The topological polar surface area (TPSA) is 61.5 Å². The Morgan fingerprint density at radius 1 is 1.47 bits per heavy atom. The van der Waals surface area contributed by atoms with Crippen LogP contribution in [0.5, 0.6) is 0 Å². The van der Waals surface area contributed by atoms with Crippen molar-refractivity contribution in [3.05, 3.63) is 34.9 Å². The van der Waals surface area contributed by atoms with Crippen molar-refractivity contribution in [2.24, 2.45) is 5.90 Å². The molecule has 0 bridgehead atoms. The maximum atomic E-state index is 11.2. The predicted molar refractivity (Wildman–Crippen MR) is 56.2 cm³/mol. The molecule has 0 heterocycles. The first-order chi connectivity index (χ1) is 7.17. The lowest BCUT2D eigenvalue weighted by Gasteiger charge is -2.11. The zero-order chi connectivity index (χ0) is 11.3. The van der Waals surface area contributed by atoms with Gasteiger partial charge in [-0.1, -0.05) is 23.7 Å². The van der Waals surface area contributed by atoms with Crippen LogP contribution in [0, 0.1) is 0 Å². The summed E-state index contributed by atoms with van der Waals surface area (Å²) in [5.74, 6) is 4.51. The molecule has 0 aromatic heterocycles. The number of carbonyl (C=O) groups excluding carboxylic acids is 1. The first-order valence-electron chi connectivity index (χ1n) is 4.35. The summed E-state index contributed by atoms with van der Waals surface area (Å²) < 4.78 is 4.53. The number of esters is 1. The number of rotatable bonds is 4. The Morgan fingerprint density at radius 3 is 2.53 bits per heavy atom. The minimum atomic E-state index is -0.781. The summed E-state index contributed by atoms with van der Waals surface area (Å²) in [6.45, 7) is 0. The lowest BCUT2D eigenvalue weighted by atomic mass is 10.1. The van der Waals surface area contributed by atoms with Gasteiger partial charge in [0.15, 0.2) is 6.10 Å². The fourth-order valence-corrected chi connectivity index (χ4v) is 1.28. The third-order valence-electron chi connectivity index (χ3n) is 1.96. The summed E-state index contributed by atoms with van der Waals surface area (Å²) in [6, 6.07) is 7.08.